The molecule has 2 aromatic rings. The Morgan fingerprint density at radius 3 is 2.50 bits per heavy atom. The third kappa shape index (κ3) is 3.35. The van der Waals surface area contributed by atoms with Gasteiger partial charge in [-0.1, -0.05) is 35.3 Å². The molecule has 20 heavy (non-hydrogen) atoms. The van der Waals surface area contributed by atoms with E-state index in [-0.39, 0.29) is 5.02 Å². The highest BCUT2D eigenvalue weighted by atomic mass is 35.5. The molecule has 0 saturated heterocycles. The van der Waals surface area contributed by atoms with Crippen LogP contribution < -0.4 is 10.2 Å². The van der Waals surface area contributed by atoms with Crippen molar-refractivity contribution in [2.75, 3.05) is 24.3 Å². The zero-order valence-corrected chi connectivity index (χ0v) is 12.8. The van der Waals surface area contributed by atoms with Crippen molar-refractivity contribution in [3.63, 3.8) is 0 Å². The predicted octanol–water partition coefficient (Wildman–Crippen LogP) is 4.81. The largest absolute Gasteiger partial charge is 0.379 e. The Kier molecular flexibility index (Phi) is 4.73. The van der Waals surface area contributed by atoms with Gasteiger partial charge >= 0.3 is 0 Å². The topological polar surface area (TPSA) is 15.3 Å². The quantitative estimate of drug-likeness (QED) is 0.871. The highest BCUT2D eigenvalue weighted by Crippen LogP contribution is 2.32. The van der Waals surface area contributed by atoms with E-state index in [1.165, 1.54) is 6.07 Å². The summed E-state index contributed by atoms with van der Waals surface area (Å²) in [5.41, 5.74) is 2.74. The van der Waals surface area contributed by atoms with Gasteiger partial charge in [-0.2, -0.15) is 0 Å². The summed E-state index contributed by atoms with van der Waals surface area (Å²) in [5, 5.41) is 4.10. The van der Waals surface area contributed by atoms with Gasteiger partial charge in [0.1, 0.15) is 5.82 Å². The molecule has 0 atom stereocenters. The molecule has 2 aromatic carbocycles. The van der Waals surface area contributed by atoms with Gasteiger partial charge < -0.3 is 10.2 Å². The number of hydrogen-bond donors (Lipinski definition) is 1. The number of halogens is 3. The van der Waals surface area contributed by atoms with Crippen LogP contribution in [0.5, 0.6) is 0 Å². The van der Waals surface area contributed by atoms with Crippen LogP contribution >= 0.6 is 23.2 Å². The molecule has 0 fully saturated rings. The van der Waals surface area contributed by atoms with Crippen LogP contribution in [0.3, 0.4) is 0 Å². The smallest absolute Gasteiger partial charge is 0.141 e. The Morgan fingerprint density at radius 2 is 1.85 bits per heavy atom. The van der Waals surface area contributed by atoms with Crippen LogP contribution in [0.15, 0.2) is 36.4 Å². The average molecular weight is 313 g/mol. The van der Waals surface area contributed by atoms with E-state index in [4.69, 9.17) is 23.2 Å². The maximum absolute atomic E-state index is 13.1. The standard InChI is InChI=1S/C15H15Cl2FN2/c1-20(2)15-11(16)4-3-5-14(15)19-9-10-6-7-13(18)12(17)8-10/h3-8,19H,9H2,1-2H3. The average Bonchev–Trinajstić information content (AvgIpc) is 2.39. The van der Waals surface area contributed by atoms with Crippen molar-refractivity contribution in [3.05, 3.63) is 57.8 Å². The van der Waals surface area contributed by atoms with Gasteiger partial charge in [-0.15, -0.1) is 0 Å². The first-order valence-electron chi connectivity index (χ1n) is 6.12. The first-order valence-corrected chi connectivity index (χ1v) is 6.88. The summed E-state index contributed by atoms with van der Waals surface area (Å²) in [5.74, 6) is -0.410. The number of benzene rings is 2. The summed E-state index contributed by atoms with van der Waals surface area (Å²) in [6.45, 7) is 0.543. The van der Waals surface area contributed by atoms with Crippen molar-refractivity contribution in [2.24, 2.45) is 0 Å². The molecule has 2 nitrogen and oxygen atoms in total. The van der Waals surface area contributed by atoms with Crippen LogP contribution in [0.2, 0.25) is 10.0 Å². The molecule has 0 spiro atoms. The lowest BCUT2D eigenvalue weighted by Crippen LogP contribution is -2.12. The lowest BCUT2D eigenvalue weighted by atomic mass is 10.2. The molecule has 0 aliphatic carbocycles. The second-order valence-corrected chi connectivity index (χ2v) is 5.45. The monoisotopic (exact) mass is 312 g/mol. The van der Waals surface area contributed by atoms with Crippen LogP contribution in [0.4, 0.5) is 15.8 Å². The molecule has 0 radical (unpaired) electrons. The van der Waals surface area contributed by atoms with Gasteiger partial charge in [0.15, 0.2) is 0 Å². The fraction of sp³-hybridized carbons (Fsp3) is 0.200. The number of hydrogen-bond acceptors (Lipinski definition) is 2. The fourth-order valence-electron chi connectivity index (χ4n) is 1.96. The molecule has 1 N–H and O–H groups in total. The van der Waals surface area contributed by atoms with Crippen LogP contribution in [0, 0.1) is 5.82 Å². The highest BCUT2D eigenvalue weighted by molar-refractivity contribution is 6.34. The minimum absolute atomic E-state index is 0.128. The minimum Gasteiger partial charge on any atom is -0.379 e. The van der Waals surface area contributed by atoms with E-state index in [0.717, 1.165) is 16.9 Å². The van der Waals surface area contributed by atoms with E-state index in [2.05, 4.69) is 5.32 Å². The van der Waals surface area contributed by atoms with Gasteiger partial charge in [0.05, 0.1) is 21.4 Å². The third-order valence-corrected chi connectivity index (χ3v) is 3.50. The summed E-state index contributed by atoms with van der Waals surface area (Å²) < 4.78 is 13.1. The van der Waals surface area contributed by atoms with E-state index in [0.29, 0.717) is 11.6 Å². The van der Waals surface area contributed by atoms with E-state index in [1.807, 2.05) is 37.2 Å². The Morgan fingerprint density at radius 1 is 1.10 bits per heavy atom. The van der Waals surface area contributed by atoms with Crippen LogP contribution in [0.25, 0.3) is 0 Å². The summed E-state index contributed by atoms with van der Waals surface area (Å²) in [4.78, 5) is 1.95. The molecule has 106 valence electrons. The predicted molar refractivity (Wildman–Crippen MR) is 84.5 cm³/mol. The van der Waals surface area contributed by atoms with Gasteiger partial charge in [-0.25, -0.2) is 4.39 Å². The van der Waals surface area contributed by atoms with Crippen LogP contribution in [-0.4, -0.2) is 14.1 Å². The zero-order valence-electron chi connectivity index (χ0n) is 11.3. The van der Waals surface area contributed by atoms with E-state index < -0.39 is 5.82 Å². The molecular formula is C15H15Cl2FN2. The zero-order chi connectivity index (χ0) is 14.7. The van der Waals surface area contributed by atoms with Crippen LogP contribution in [0.1, 0.15) is 5.56 Å². The number of para-hydroxylation sites is 1. The van der Waals surface area contributed by atoms with Crippen molar-refractivity contribution >= 4 is 34.6 Å². The van der Waals surface area contributed by atoms with E-state index >= 15 is 0 Å². The first-order chi connectivity index (χ1) is 9.49. The lowest BCUT2D eigenvalue weighted by molar-refractivity contribution is 0.627. The van der Waals surface area contributed by atoms with Crippen molar-refractivity contribution in [3.8, 4) is 0 Å². The van der Waals surface area contributed by atoms with Crippen LogP contribution in [-0.2, 0) is 6.54 Å². The molecular weight excluding hydrogens is 298 g/mol. The number of nitrogens with one attached hydrogen (secondary N) is 1. The second kappa shape index (κ2) is 6.33. The van der Waals surface area contributed by atoms with Crippen molar-refractivity contribution in [1.82, 2.24) is 0 Å². The molecule has 5 heteroatoms. The molecule has 0 aliphatic rings. The SMILES string of the molecule is CN(C)c1c(Cl)cccc1NCc1ccc(F)c(Cl)c1. The first kappa shape index (κ1) is 14.9. The summed E-state index contributed by atoms with van der Waals surface area (Å²) in [7, 11) is 3.86. The number of rotatable bonds is 4. The molecule has 2 rings (SSSR count). The maximum Gasteiger partial charge on any atom is 0.141 e. The van der Waals surface area contributed by atoms with Gasteiger partial charge in [0, 0.05) is 20.6 Å². The molecule has 0 bridgehead atoms. The summed E-state index contributed by atoms with van der Waals surface area (Å²) in [6, 6.07) is 10.4. The third-order valence-electron chi connectivity index (χ3n) is 2.90. The van der Waals surface area contributed by atoms with E-state index in [9.17, 15) is 4.39 Å². The molecule has 0 unspecified atom stereocenters. The Balaban J connectivity index is 2.18. The summed E-state index contributed by atoms with van der Waals surface area (Å²) >= 11 is 12.0. The van der Waals surface area contributed by atoms with Gasteiger partial charge in [-0.3, -0.25) is 0 Å². The Bertz CT molecular complexity index is 615. The van der Waals surface area contributed by atoms with Gasteiger partial charge in [0.2, 0.25) is 0 Å². The van der Waals surface area contributed by atoms with Gasteiger partial charge in [-0.05, 0) is 29.8 Å². The Labute approximate surface area is 128 Å². The minimum atomic E-state index is -0.410. The summed E-state index contributed by atoms with van der Waals surface area (Å²) in [6.07, 6.45) is 0. The van der Waals surface area contributed by atoms with Crippen molar-refractivity contribution in [2.45, 2.75) is 6.54 Å². The molecule has 0 saturated carbocycles. The fourth-order valence-corrected chi connectivity index (χ4v) is 2.51. The van der Waals surface area contributed by atoms with Crippen molar-refractivity contribution < 1.29 is 4.39 Å². The molecule has 0 amide bonds. The number of nitrogens with zero attached hydrogens (tertiary/aromatic N) is 1. The maximum atomic E-state index is 13.1. The molecule has 0 aromatic heterocycles. The Hall–Kier alpha value is -1.45. The molecule has 0 heterocycles. The van der Waals surface area contributed by atoms with Crippen molar-refractivity contribution in [1.29, 1.82) is 0 Å². The van der Waals surface area contributed by atoms with E-state index in [1.54, 1.807) is 12.1 Å². The molecule has 0 aliphatic heterocycles. The normalized spacial score (nSPS) is 10.4. The number of anilines is 2. The highest BCUT2D eigenvalue weighted by Gasteiger charge is 2.09. The second-order valence-electron chi connectivity index (χ2n) is 4.63. The lowest BCUT2D eigenvalue weighted by Gasteiger charge is -2.20. The van der Waals surface area contributed by atoms with Gasteiger partial charge in [0.25, 0.3) is 0 Å².